The Bertz CT molecular complexity index is 732. The van der Waals surface area contributed by atoms with Crippen LogP contribution in [-0.4, -0.2) is 28.5 Å². The van der Waals surface area contributed by atoms with E-state index in [9.17, 15) is 4.79 Å². The smallest absolute Gasteiger partial charge is 0.227 e. The first-order valence-electron chi connectivity index (χ1n) is 8.73. The van der Waals surface area contributed by atoms with Crippen LogP contribution in [0.5, 0.6) is 0 Å². The number of aromatic nitrogens is 2. The Morgan fingerprint density at radius 2 is 2.22 bits per heavy atom. The molecule has 0 bridgehead atoms. The van der Waals surface area contributed by atoms with E-state index in [0.29, 0.717) is 5.92 Å². The number of hydrogen-bond donors (Lipinski definition) is 2. The molecule has 1 aromatic heterocycles. The quantitative estimate of drug-likeness (QED) is 0.916. The molecule has 0 radical (unpaired) electrons. The minimum absolute atomic E-state index is 0.0469. The summed E-state index contributed by atoms with van der Waals surface area (Å²) in [5.41, 5.74) is 3.05. The summed E-state index contributed by atoms with van der Waals surface area (Å²) < 4.78 is 2.34. The van der Waals surface area contributed by atoms with Crippen molar-refractivity contribution in [1.82, 2.24) is 14.9 Å². The molecular weight excluding hydrogens is 288 g/mol. The van der Waals surface area contributed by atoms with Gasteiger partial charge in [-0.1, -0.05) is 13.3 Å². The Hall–Kier alpha value is -1.88. The van der Waals surface area contributed by atoms with E-state index in [-0.39, 0.29) is 11.8 Å². The van der Waals surface area contributed by atoms with Crippen LogP contribution in [0.25, 0.3) is 11.0 Å². The number of anilines is 1. The van der Waals surface area contributed by atoms with Crippen molar-refractivity contribution in [3.05, 3.63) is 24.0 Å². The zero-order chi connectivity index (χ0) is 15.8. The van der Waals surface area contributed by atoms with Crippen LogP contribution in [0.3, 0.4) is 0 Å². The van der Waals surface area contributed by atoms with Crippen molar-refractivity contribution in [1.29, 1.82) is 0 Å². The van der Waals surface area contributed by atoms with Gasteiger partial charge in [0.2, 0.25) is 5.91 Å². The number of benzene rings is 1. The third-order valence-corrected chi connectivity index (χ3v) is 5.31. The Kier molecular flexibility index (Phi) is 3.81. The second-order valence-corrected chi connectivity index (χ2v) is 6.89. The van der Waals surface area contributed by atoms with Crippen LogP contribution in [0.1, 0.15) is 32.0 Å². The second-order valence-electron chi connectivity index (χ2n) is 6.89. The summed E-state index contributed by atoms with van der Waals surface area (Å²) >= 11 is 0. The number of nitrogens with one attached hydrogen (secondary N) is 2. The zero-order valence-electron chi connectivity index (χ0n) is 13.6. The first-order chi connectivity index (χ1) is 11.2. The highest BCUT2D eigenvalue weighted by atomic mass is 16.1. The van der Waals surface area contributed by atoms with Crippen molar-refractivity contribution >= 4 is 22.6 Å². The molecule has 1 fully saturated rings. The Morgan fingerprint density at radius 3 is 3.00 bits per heavy atom. The van der Waals surface area contributed by atoms with E-state index in [1.165, 1.54) is 30.6 Å². The van der Waals surface area contributed by atoms with Gasteiger partial charge >= 0.3 is 0 Å². The molecule has 2 aliphatic rings. The first kappa shape index (κ1) is 14.7. The van der Waals surface area contributed by atoms with Gasteiger partial charge in [0.1, 0.15) is 5.82 Å². The van der Waals surface area contributed by atoms with E-state index in [4.69, 9.17) is 4.98 Å². The predicted octanol–water partition coefficient (Wildman–Crippen LogP) is 2.56. The molecule has 5 nitrogen and oxygen atoms in total. The number of nitrogens with zero attached hydrogens (tertiary/aromatic N) is 2. The number of aryl methyl sites for hydroxylation is 2. The van der Waals surface area contributed by atoms with Crippen molar-refractivity contribution in [3.8, 4) is 0 Å². The van der Waals surface area contributed by atoms with E-state index in [1.54, 1.807) is 0 Å². The summed E-state index contributed by atoms with van der Waals surface area (Å²) in [6.45, 7) is 4.96. The lowest BCUT2D eigenvalue weighted by Crippen LogP contribution is -2.48. The maximum absolute atomic E-state index is 12.4. The van der Waals surface area contributed by atoms with Gasteiger partial charge < -0.3 is 15.2 Å². The van der Waals surface area contributed by atoms with Crippen molar-refractivity contribution in [2.24, 2.45) is 11.8 Å². The zero-order valence-corrected chi connectivity index (χ0v) is 13.6. The van der Waals surface area contributed by atoms with Crippen LogP contribution in [0.15, 0.2) is 18.2 Å². The normalized spacial score (nSPS) is 19.7. The molecule has 1 atom stereocenters. The van der Waals surface area contributed by atoms with Gasteiger partial charge in [0, 0.05) is 24.6 Å². The summed E-state index contributed by atoms with van der Waals surface area (Å²) in [4.78, 5) is 17.1. The van der Waals surface area contributed by atoms with Crippen LogP contribution in [0, 0.1) is 11.8 Å². The molecule has 0 spiro atoms. The highest BCUT2D eigenvalue weighted by Crippen LogP contribution is 2.25. The van der Waals surface area contributed by atoms with Crippen LogP contribution >= 0.6 is 0 Å². The lowest BCUT2D eigenvalue weighted by molar-refractivity contribution is -0.121. The van der Waals surface area contributed by atoms with Gasteiger partial charge in [0.15, 0.2) is 0 Å². The fraction of sp³-hybridized carbons (Fsp3) is 0.556. The van der Waals surface area contributed by atoms with E-state index >= 15 is 0 Å². The molecule has 2 N–H and O–H groups in total. The molecule has 3 heterocycles. The number of rotatable bonds is 3. The van der Waals surface area contributed by atoms with Gasteiger partial charge in [-0.2, -0.15) is 0 Å². The molecule has 2 aliphatic heterocycles. The van der Waals surface area contributed by atoms with E-state index in [0.717, 1.165) is 37.3 Å². The lowest BCUT2D eigenvalue weighted by atomic mass is 9.88. The summed E-state index contributed by atoms with van der Waals surface area (Å²) in [6.07, 6.45) is 4.79. The summed E-state index contributed by atoms with van der Waals surface area (Å²) in [7, 11) is 0. The number of hydrogen-bond acceptors (Lipinski definition) is 3. The molecule has 5 heteroatoms. The van der Waals surface area contributed by atoms with Gasteiger partial charge in [-0.05, 0) is 50.0 Å². The van der Waals surface area contributed by atoms with Crippen LogP contribution < -0.4 is 10.6 Å². The Morgan fingerprint density at radius 1 is 1.35 bits per heavy atom. The summed E-state index contributed by atoms with van der Waals surface area (Å²) in [6, 6.07) is 6.12. The number of carbonyl (C=O) groups is 1. The molecule has 0 saturated carbocycles. The molecule has 2 aromatic rings. The fourth-order valence-corrected chi connectivity index (χ4v) is 3.56. The number of imidazole rings is 1. The maximum Gasteiger partial charge on any atom is 0.227 e. The number of amides is 1. The molecule has 1 amide bonds. The van der Waals surface area contributed by atoms with E-state index < -0.39 is 0 Å². The molecule has 1 saturated heterocycles. The largest absolute Gasteiger partial charge is 0.328 e. The minimum atomic E-state index is 0.0469. The maximum atomic E-state index is 12.4. The summed E-state index contributed by atoms with van der Waals surface area (Å²) in [5, 5.41) is 6.28. The van der Waals surface area contributed by atoms with Crippen molar-refractivity contribution in [3.63, 3.8) is 0 Å². The summed E-state index contributed by atoms with van der Waals surface area (Å²) in [5.74, 6) is 1.81. The number of fused-ring (bicyclic) bond motifs is 3. The topological polar surface area (TPSA) is 59.0 Å². The van der Waals surface area contributed by atoms with Gasteiger partial charge in [-0.15, -0.1) is 0 Å². The monoisotopic (exact) mass is 312 g/mol. The molecular formula is C18H24N4O. The predicted molar refractivity (Wildman–Crippen MR) is 91.4 cm³/mol. The van der Waals surface area contributed by atoms with Gasteiger partial charge in [0.05, 0.1) is 11.0 Å². The van der Waals surface area contributed by atoms with Gasteiger partial charge in [-0.3, -0.25) is 4.79 Å². The van der Waals surface area contributed by atoms with Crippen molar-refractivity contribution < 1.29 is 4.79 Å². The average Bonchev–Trinajstić information content (AvgIpc) is 2.66. The molecule has 122 valence electrons. The standard InChI is InChI=1S/C18H24N4O/c1-12(13-10-19-11-13)18(23)20-14-6-7-16-15(9-14)21-17-5-3-2-4-8-22(16)17/h6-7,9,12-13,19H,2-5,8,10-11H2,1H3,(H,20,23). The number of carbonyl (C=O) groups excluding carboxylic acids is 1. The molecule has 23 heavy (non-hydrogen) atoms. The lowest BCUT2D eigenvalue weighted by Gasteiger charge is -2.31. The van der Waals surface area contributed by atoms with Crippen molar-refractivity contribution in [2.75, 3.05) is 18.4 Å². The van der Waals surface area contributed by atoms with Gasteiger partial charge in [0.25, 0.3) is 0 Å². The van der Waals surface area contributed by atoms with E-state index in [2.05, 4.69) is 21.3 Å². The van der Waals surface area contributed by atoms with E-state index in [1.807, 2.05) is 19.1 Å². The Balaban J connectivity index is 1.55. The van der Waals surface area contributed by atoms with Crippen LogP contribution in [0.2, 0.25) is 0 Å². The average molecular weight is 312 g/mol. The molecule has 1 unspecified atom stereocenters. The minimum Gasteiger partial charge on any atom is -0.328 e. The van der Waals surface area contributed by atoms with Crippen LogP contribution in [-0.2, 0) is 17.8 Å². The van der Waals surface area contributed by atoms with Gasteiger partial charge in [-0.25, -0.2) is 4.98 Å². The first-order valence-corrected chi connectivity index (χ1v) is 8.73. The highest BCUT2D eigenvalue weighted by molar-refractivity contribution is 5.94. The fourth-order valence-electron chi connectivity index (χ4n) is 3.56. The second kappa shape index (κ2) is 5.96. The Labute approximate surface area is 136 Å². The third-order valence-electron chi connectivity index (χ3n) is 5.31. The van der Waals surface area contributed by atoms with Crippen LogP contribution in [0.4, 0.5) is 5.69 Å². The highest BCUT2D eigenvalue weighted by Gasteiger charge is 2.28. The molecule has 4 rings (SSSR count). The molecule has 1 aromatic carbocycles. The van der Waals surface area contributed by atoms with Crippen molar-refractivity contribution in [2.45, 2.75) is 39.2 Å². The third kappa shape index (κ3) is 2.74. The molecule has 0 aliphatic carbocycles. The SMILES string of the molecule is CC(C(=O)Nc1ccc2c(c1)nc1n2CCCCC1)C1CNC1.